The molecule has 0 fully saturated rings. The lowest BCUT2D eigenvalue weighted by atomic mass is 10.3. The van der Waals surface area contributed by atoms with Crippen molar-refractivity contribution in [1.82, 2.24) is 9.71 Å². The van der Waals surface area contributed by atoms with Gasteiger partial charge in [-0.05, 0) is 18.7 Å². The molecule has 13 heavy (non-hydrogen) atoms. The van der Waals surface area contributed by atoms with Gasteiger partial charge in [0.1, 0.15) is 0 Å². The number of hydrogen-bond donors (Lipinski definition) is 2. The number of rotatable bonds is 3. The van der Waals surface area contributed by atoms with E-state index in [0.717, 1.165) is 0 Å². The zero-order valence-electron chi connectivity index (χ0n) is 7.06. The highest BCUT2D eigenvalue weighted by Crippen LogP contribution is 2.05. The predicted octanol–water partition coefficient (Wildman–Crippen LogP) is -0.518. The van der Waals surface area contributed by atoms with E-state index in [4.69, 9.17) is 5.11 Å². The summed E-state index contributed by atoms with van der Waals surface area (Å²) in [5.74, 6) is 0. The molecule has 0 bridgehead atoms. The molecular weight excluding hydrogens is 192 g/mol. The van der Waals surface area contributed by atoms with Crippen molar-refractivity contribution in [3.05, 3.63) is 23.9 Å². The van der Waals surface area contributed by atoms with Crippen molar-refractivity contribution in [3.63, 3.8) is 0 Å². The number of hydrogen-bond acceptors (Lipinski definition) is 4. The molecule has 0 unspecified atom stereocenters. The van der Waals surface area contributed by atoms with Gasteiger partial charge in [-0.25, -0.2) is 18.1 Å². The zero-order chi connectivity index (χ0) is 9.90. The van der Waals surface area contributed by atoms with Gasteiger partial charge in [0.05, 0.1) is 6.61 Å². The van der Waals surface area contributed by atoms with Crippen LogP contribution in [-0.2, 0) is 16.6 Å². The molecule has 0 spiro atoms. The number of nitrogens with one attached hydrogen (secondary N) is 1. The van der Waals surface area contributed by atoms with Crippen LogP contribution >= 0.6 is 0 Å². The summed E-state index contributed by atoms with van der Waals surface area (Å²) in [6.07, 6.45) is 1.32. The highest BCUT2D eigenvalue weighted by Gasteiger charge is 2.11. The number of aromatic nitrogens is 1. The van der Waals surface area contributed by atoms with E-state index >= 15 is 0 Å². The summed E-state index contributed by atoms with van der Waals surface area (Å²) in [5, 5.41) is 8.63. The molecule has 2 N–H and O–H groups in total. The SMILES string of the molecule is CNS(=O)(=O)c1ccc(CO)cn1. The molecule has 1 aromatic rings. The minimum atomic E-state index is -3.47. The van der Waals surface area contributed by atoms with Gasteiger partial charge in [-0.3, -0.25) is 0 Å². The summed E-state index contributed by atoms with van der Waals surface area (Å²) in [4.78, 5) is 3.68. The number of nitrogens with zero attached hydrogens (tertiary/aromatic N) is 1. The number of aliphatic hydroxyl groups is 1. The van der Waals surface area contributed by atoms with Crippen LogP contribution in [0.4, 0.5) is 0 Å². The first-order valence-corrected chi connectivity index (χ1v) is 5.08. The highest BCUT2D eigenvalue weighted by molar-refractivity contribution is 7.89. The van der Waals surface area contributed by atoms with Crippen molar-refractivity contribution in [2.75, 3.05) is 7.05 Å². The summed E-state index contributed by atoms with van der Waals surface area (Å²) in [6.45, 7) is -0.146. The Kier molecular flexibility index (Phi) is 2.97. The van der Waals surface area contributed by atoms with E-state index in [1.165, 1.54) is 25.4 Å². The Labute approximate surface area is 76.5 Å². The van der Waals surface area contributed by atoms with Crippen molar-refractivity contribution >= 4 is 10.0 Å². The maximum absolute atomic E-state index is 11.2. The predicted molar refractivity (Wildman–Crippen MR) is 46.4 cm³/mol. The fourth-order valence-corrected chi connectivity index (χ4v) is 1.42. The van der Waals surface area contributed by atoms with Crippen LogP contribution in [0, 0.1) is 0 Å². The second-order valence-corrected chi connectivity index (χ2v) is 4.20. The van der Waals surface area contributed by atoms with Gasteiger partial charge in [0, 0.05) is 6.20 Å². The van der Waals surface area contributed by atoms with Crippen LogP contribution in [0.1, 0.15) is 5.56 Å². The number of aliphatic hydroxyl groups excluding tert-OH is 1. The summed E-state index contributed by atoms with van der Waals surface area (Å²) < 4.78 is 24.5. The standard InChI is InChI=1S/C7H10N2O3S/c1-8-13(11,12)7-3-2-6(5-10)4-9-7/h2-4,8,10H,5H2,1H3. The van der Waals surface area contributed by atoms with E-state index < -0.39 is 10.0 Å². The molecule has 0 amide bonds. The van der Waals surface area contributed by atoms with Crippen molar-refractivity contribution in [3.8, 4) is 0 Å². The smallest absolute Gasteiger partial charge is 0.257 e. The van der Waals surface area contributed by atoms with Crippen molar-refractivity contribution < 1.29 is 13.5 Å². The maximum atomic E-state index is 11.2. The lowest BCUT2D eigenvalue weighted by molar-refractivity contribution is 0.281. The molecule has 0 atom stereocenters. The van der Waals surface area contributed by atoms with E-state index in [-0.39, 0.29) is 11.6 Å². The Morgan fingerprint density at radius 2 is 2.23 bits per heavy atom. The van der Waals surface area contributed by atoms with Gasteiger partial charge in [-0.15, -0.1) is 0 Å². The molecule has 6 heteroatoms. The molecule has 1 aromatic heterocycles. The molecular formula is C7H10N2O3S. The Balaban J connectivity index is 3.06. The Bertz CT molecular complexity index is 371. The Morgan fingerprint density at radius 1 is 1.54 bits per heavy atom. The minimum Gasteiger partial charge on any atom is -0.392 e. The van der Waals surface area contributed by atoms with Gasteiger partial charge in [0.25, 0.3) is 10.0 Å². The molecule has 1 heterocycles. The van der Waals surface area contributed by atoms with E-state index in [2.05, 4.69) is 9.71 Å². The van der Waals surface area contributed by atoms with E-state index in [1.807, 2.05) is 0 Å². The van der Waals surface area contributed by atoms with Crippen molar-refractivity contribution in [2.24, 2.45) is 0 Å². The summed E-state index contributed by atoms with van der Waals surface area (Å²) in [6, 6.07) is 2.86. The monoisotopic (exact) mass is 202 g/mol. The Hall–Kier alpha value is -0.980. The third kappa shape index (κ3) is 2.24. The first kappa shape index (κ1) is 10.1. The van der Waals surface area contributed by atoms with Gasteiger partial charge in [0.15, 0.2) is 5.03 Å². The third-order valence-corrected chi connectivity index (χ3v) is 2.85. The van der Waals surface area contributed by atoms with Gasteiger partial charge in [-0.2, -0.15) is 0 Å². The first-order valence-electron chi connectivity index (χ1n) is 3.59. The van der Waals surface area contributed by atoms with Crippen LogP contribution in [0.3, 0.4) is 0 Å². The molecule has 1 rings (SSSR count). The molecule has 0 radical (unpaired) electrons. The molecule has 0 aliphatic carbocycles. The van der Waals surface area contributed by atoms with Crippen LogP contribution in [0.5, 0.6) is 0 Å². The third-order valence-electron chi connectivity index (χ3n) is 1.52. The lowest BCUT2D eigenvalue weighted by Crippen LogP contribution is -2.19. The van der Waals surface area contributed by atoms with Crippen molar-refractivity contribution in [1.29, 1.82) is 0 Å². The maximum Gasteiger partial charge on any atom is 0.257 e. The average Bonchev–Trinajstić information content (AvgIpc) is 2.18. The van der Waals surface area contributed by atoms with Crippen LogP contribution in [0.2, 0.25) is 0 Å². The van der Waals surface area contributed by atoms with Gasteiger partial charge >= 0.3 is 0 Å². The second kappa shape index (κ2) is 3.82. The molecule has 72 valence electrons. The fourth-order valence-electron chi connectivity index (χ4n) is 0.768. The zero-order valence-corrected chi connectivity index (χ0v) is 7.87. The fraction of sp³-hybridized carbons (Fsp3) is 0.286. The highest BCUT2D eigenvalue weighted by atomic mass is 32.2. The first-order chi connectivity index (χ1) is 6.10. The summed E-state index contributed by atoms with van der Waals surface area (Å²) in [7, 11) is -2.15. The van der Waals surface area contributed by atoms with Crippen LogP contribution in [-0.4, -0.2) is 25.6 Å². The number of sulfonamides is 1. The van der Waals surface area contributed by atoms with Gasteiger partial charge in [0.2, 0.25) is 0 Å². The summed E-state index contributed by atoms with van der Waals surface area (Å²) in [5.41, 5.74) is 0.579. The minimum absolute atomic E-state index is 0.0489. The van der Waals surface area contributed by atoms with Crippen LogP contribution in [0.25, 0.3) is 0 Å². The normalized spacial score (nSPS) is 11.5. The van der Waals surface area contributed by atoms with E-state index in [1.54, 1.807) is 0 Å². The van der Waals surface area contributed by atoms with Gasteiger partial charge < -0.3 is 5.11 Å². The lowest BCUT2D eigenvalue weighted by Gasteiger charge is -2.01. The van der Waals surface area contributed by atoms with Crippen LogP contribution < -0.4 is 4.72 Å². The van der Waals surface area contributed by atoms with E-state index in [0.29, 0.717) is 5.56 Å². The Morgan fingerprint density at radius 3 is 2.62 bits per heavy atom. The largest absolute Gasteiger partial charge is 0.392 e. The quantitative estimate of drug-likeness (QED) is 0.691. The topological polar surface area (TPSA) is 79.3 Å². The van der Waals surface area contributed by atoms with Crippen LogP contribution in [0.15, 0.2) is 23.4 Å². The molecule has 0 aliphatic heterocycles. The molecule has 0 aromatic carbocycles. The average molecular weight is 202 g/mol. The molecule has 0 aliphatic rings. The number of pyridine rings is 1. The van der Waals surface area contributed by atoms with E-state index in [9.17, 15) is 8.42 Å². The summed E-state index contributed by atoms with van der Waals surface area (Å²) >= 11 is 0. The molecule has 5 nitrogen and oxygen atoms in total. The second-order valence-electron chi connectivity index (χ2n) is 2.37. The van der Waals surface area contributed by atoms with Crippen molar-refractivity contribution in [2.45, 2.75) is 11.6 Å². The molecule has 0 saturated carbocycles. The molecule has 0 saturated heterocycles. The van der Waals surface area contributed by atoms with Gasteiger partial charge in [-0.1, -0.05) is 6.07 Å².